The van der Waals surface area contributed by atoms with Crippen LogP contribution in [0.4, 0.5) is 5.69 Å². The molecule has 6 heteroatoms. The van der Waals surface area contributed by atoms with Gasteiger partial charge in [-0.2, -0.15) is 0 Å². The molecule has 1 aromatic carbocycles. The number of hydroxylamine groups is 1. The zero-order valence-corrected chi connectivity index (χ0v) is 14.5. The Bertz CT molecular complexity index is 712. The van der Waals surface area contributed by atoms with Gasteiger partial charge in [0.25, 0.3) is 0 Å². The molecule has 1 saturated heterocycles. The second-order valence-corrected chi connectivity index (χ2v) is 6.75. The number of carbonyl (C=O) groups excluding carboxylic acids is 2. The van der Waals surface area contributed by atoms with Crippen LogP contribution in [-0.4, -0.2) is 18.4 Å². The molecule has 2 amide bonds. The van der Waals surface area contributed by atoms with Gasteiger partial charge in [-0.25, -0.2) is 5.48 Å². The minimum absolute atomic E-state index is 0.0473. The number of anilines is 1. The molecule has 2 heterocycles. The molecule has 24 heavy (non-hydrogen) atoms. The van der Waals surface area contributed by atoms with E-state index in [0.29, 0.717) is 6.61 Å². The van der Waals surface area contributed by atoms with E-state index in [-0.39, 0.29) is 24.3 Å². The summed E-state index contributed by atoms with van der Waals surface area (Å²) in [6, 6.07) is 11.4. The summed E-state index contributed by atoms with van der Waals surface area (Å²) in [5, 5.41) is 1.96. The van der Waals surface area contributed by atoms with Gasteiger partial charge in [0, 0.05) is 17.0 Å². The van der Waals surface area contributed by atoms with E-state index in [1.165, 1.54) is 0 Å². The van der Waals surface area contributed by atoms with Crippen molar-refractivity contribution in [2.45, 2.75) is 26.3 Å². The highest BCUT2D eigenvalue weighted by Gasteiger charge is 2.45. The molecule has 3 rings (SSSR count). The maximum Gasteiger partial charge on any atom is 0.249 e. The number of hydrogen-bond donors (Lipinski definition) is 1. The maximum atomic E-state index is 12.7. The van der Waals surface area contributed by atoms with E-state index in [9.17, 15) is 9.59 Å². The van der Waals surface area contributed by atoms with Crippen molar-refractivity contribution >= 4 is 28.8 Å². The lowest BCUT2D eigenvalue weighted by molar-refractivity contribution is -0.138. The van der Waals surface area contributed by atoms with Crippen molar-refractivity contribution in [1.82, 2.24) is 5.48 Å². The summed E-state index contributed by atoms with van der Waals surface area (Å²) in [5.41, 5.74) is 4.40. The van der Waals surface area contributed by atoms with Gasteiger partial charge in [-0.05, 0) is 37.4 Å². The first-order valence-corrected chi connectivity index (χ1v) is 8.83. The Kier molecular flexibility index (Phi) is 4.97. The molecule has 1 aliphatic heterocycles. The summed E-state index contributed by atoms with van der Waals surface area (Å²) in [7, 11) is 0. The van der Waals surface area contributed by atoms with Gasteiger partial charge in [0.1, 0.15) is 0 Å². The largest absolute Gasteiger partial charge is 0.303 e. The number of rotatable bonds is 5. The molecular weight excluding hydrogens is 324 g/mol. The SMILES string of the molecule is CCONC(=O)[C@@H]1CC(=O)N(c2ccc(C)cc2)[C@H]1c1cccs1. The van der Waals surface area contributed by atoms with Gasteiger partial charge in [-0.15, -0.1) is 11.3 Å². The van der Waals surface area contributed by atoms with E-state index in [1.807, 2.05) is 48.7 Å². The van der Waals surface area contributed by atoms with Crippen molar-refractivity contribution in [1.29, 1.82) is 0 Å². The number of hydrogen-bond acceptors (Lipinski definition) is 4. The first kappa shape index (κ1) is 16.7. The average Bonchev–Trinajstić information content (AvgIpc) is 3.21. The maximum absolute atomic E-state index is 12.7. The summed E-state index contributed by atoms with van der Waals surface area (Å²) in [5.74, 6) is -0.767. The van der Waals surface area contributed by atoms with Crippen LogP contribution in [0.3, 0.4) is 0 Å². The standard InChI is InChI=1S/C18H20N2O3S/c1-3-23-19-18(22)14-11-16(21)20(13-8-6-12(2)7-9-13)17(14)15-5-4-10-24-15/h4-10,14,17H,3,11H2,1-2H3,(H,19,22)/t14-,17-/m1/s1. The summed E-state index contributed by atoms with van der Waals surface area (Å²) in [6.07, 6.45) is 0.176. The molecule has 0 aliphatic carbocycles. The van der Waals surface area contributed by atoms with E-state index >= 15 is 0 Å². The molecule has 0 bridgehead atoms. The van der Waals surface area contributed by atoms with Crippen LogP contribution in [-0.2, 0) is 14.4 Å². The Labute approximate surface area is 145 Å². The lowest BCUT2D eigenvalue weighted by atomic mass is 9.98. The third-order valence-electron chi connectivity index (χ3n) is 4.12. The predicted molar refractivity (Wildman–Crippen MR) is 93.6 cm³/mol. The van der Waals surface area contributed by atoms with Gasteiger partial charge in [-0.3, -0.25) is 14.4 Å². The minimum Gasteiger partial charge on any atom is -0.303 e. The molecular formula is C18H20N2O3S. The summed E-state index contributed by atoms with van der Waals surface area (Å²) >= 11 is 1.55. The average molecular weight is 344 g/mol. The fourth-order valence-electron chi connectivity index (χ4n) is 2.98. The predicted octanol–water partition coefficient (Wildman–Crippen LogP) is 3.22. The van der Waals surface area contributed by atoms with Crippen molar-refractivity contribution in [3.8, 4) is 0 Å². The number of thiophene rings is 1. The second-order valence-electron chi connectivity index (χ2n) is 5.77. The molecule has 126 valence electrons. The normalized spacial score (nSPS) is 20.4. The third kappa shape index (κ3) is 3.20. The number of nitrogens with zero attached hydrogens (tertiary/aromatic N) is 1. The molecule has 1 aliphatic rings. The van der Waals surface area contributed by atoms with Gasteiger partial charge in [0.15, 0.2) is 0 Å². The second kappa shape index (κ2) is 7.15. The highest BCUT2D eigenvalue weighted by molar-refractivity contribution is 7.10. The summed E-state index contributed by atoms with van der Waals surface area (Å²) < 4.78 is 0. The lowest BCUT2D eigenvalue weighted by Gasteiger charge is -2.27. The first-order valence-electron chi connectivity index (χ1n) is 7.95. The molecule has 0 unspecified atom stereocenters. The smallest absolute Gasteiger partial charge is 0.249 e. The van der Waals surface area contributed by atoms with Crippen LogP contribution in [0.25, 0.3) is 0 Å². The molecule has 2 atom stereocenters. The van der Waals surface area contributed by atoms with Gasteiger partial charge in [-0.1, -0.05) is 23.8 Å². The van der Waals surface area contributed by atoms with Crippen molar-refractivity contribution in [3.63, 3.8) is 0 Å². The molecule has 0 spiro atoms. The van der Waals surface area contributed by atoms with Crippen molar-refractivity contribution in [2.75, 3.05) is 11.5 Å². The Morgan fingerprint density at radius 2 is 2.08 bits per heavy atom. The van der Waals surface area contributed by atoms with Crippen LogP contribution in [0, 0.1) is 12.8 Å². The monoisotopic (exact) mass is 344 g/mol. The molecule has 2 aromatic rings. The highest BCUT2D eigenvalue weighted by Crippen LogP contribution is 2.43. The Hall–Kier alpha value is -2.18. The first-order chi connectivity index (χ1) is 11.6. The van der Waals surface area contributed by atoms with E-state index < -0.39 is 5.92 Å². The van der Waals surface area contributed by atoms with Crippen molar-refractivity contribution in [2.24, 2.45) is 5.92 Å². The molecule has 5 nitrogen and oxygen atoms in total. The van der Waals surface area contributed by atoms with E-state index in [0.717, 1.165) is 16.1 Å². The minimum atomic E-state index is -0.469. The summed E-state index contributed by atoms with van der Waals surface area (Å²) in [4.78, 5) is 32.9. The van der Waals surface area contributed by atoms with Gasteiger partial charge in [0.2, 0.25) is 11.8 Å². The van der Waals surface area contributed by atoms with E-state index in [1.54, 1.807) is 23.2 Å². The Morgan fingerprint density at radius 3 is 2.71 bits per heavy atom. The van der Waals surface area contributed by atoms with Gasteiger partial charge < -0.3 is 4.90 Å². The molecule has 1 N–H and O–H groups in total. The Balaban J connectivity index is 1.96. The zero-order chi connectivity index (χ0) is 17.1. The van der Waals surface area contributed by atoms with Crippen molar-refractivity contribution in [3.05, 3.63) is 52.2 Å². The van der Waals surface area contributed by atoms with Crippen LogP contribution in [0.5, 0.6) is 0 Å². The Morgan fingerprint density at radius 1 is 1.33 bits per heavy atom. The van der Waals surface area contributed by atoms with E-state index in [2.05, 4.69) is 5.48 Å². The number of amides is 2. The molecule has 1 fully saturated rings. The lowest BCUT2D eigenvalue weighted by Crippen LogP contribution is -2.35. The highest BCUT2D eigenvalue weighted by atomic mass is 32.1. The number of aryl methyl sites for hydroxylation is 1. The van der Waals surface area contributed by atoms with Gasteiger partial charge in [0.05, 0.1) is 18.6 Å². The van der Waals surface area contributed by atoms with Crippen LogP contribution in [0.15, 0.2) is 41.8 Å². The molecule has 0 radical (unpaired) electrons. The van der Waals surface area contributed by atoms with Gasteiger partial charge >= 0.3 is 0 Å². The molecule has 0 saturated carbocycles. The topological polar surface area (TPSA) is 58.6 Å². The number of carbonyl (C=O) groups is 2. The fourth-order valence-corrected chi connectivity index (χ4v) is 3.86. The fraction of sp³-hybridized carbons (Fsp3) is 0.333. The van der Waals surface area contributed by atoms with Crippen LogP contribution in [0.1, 0.15) is 29.8 Å². The number of nitrogens with one attached hydrogen (secondary N) is 1. The van der Waals surface area contributed by atoms with Crippen LogP contribution < -0.4 is 10.4 Å². The van der Waals surface area contributed by atoms with Crippen molar-refractivity contribution < 1.29 is 14.4 Å². The third-order valence-corrected chi connectivity index (χ3v) is 5.07. The van der Waals surface area contributed by atoms with Crippen LogP contribution >= 0.6 is 11.3 Å². The number of benzene rings is 1. The zero-order valence-electron chi connectivity index (χ0n) is 13.7. The summed E-state index contributed by atoms with van der Waals surface area (Å²) in [6.45, 7) is 4.19. The van der Waals surface area contributed by atoms with E-state index in [4.69, 9.17) is 4.84 Å². The van der Waals surface area contributed by atoms with Crippen LogP contribution in [0.2, 0.25) is 0 Å². The molecule has 1 aromatic heterocycles. The quantitative estimate of drug-likeness (QED) is 0.847.